The number of hydrogen-bond acceptors (Lipinski definition) is 2. The molecule has 0 radical (unpaired) electrons. The maximum absolute atomic E-state index is 10.6. The van der Waals surface area contributed by atoms with Gasteiger partial charge >= 0.3 is 5.97 Å². The Bertz CT molecular complexity index is 276. The number of rotatable bonds is 4. The molecule has 1 rings (SSSR count). The van der Waals surface area contributed by atoms with Crippen LogP contribution in [0, 0.1) is 5.41 Å². The van der Waals surface area contributed by atoms with Crippen LogP contribution in [0.25, 0.3) is 0 Å². The van der Waals surface area contributed by atoms with E-state index in [0.717, 1.165) is 19.6 Å². The lowest BCUT2D eigenvalue weighted by molar-refractivity contribution is -0.132. The van der Waals surface area contributed by atoms with Crippen molar-refractivity contribution < 1.29 is 9.90 Å². The first-order chi connectivity index (χ1) is 7.47. The summed E-state index contributed by atoms with van der Waals surface area (Å²) in [5.74, 6) is -0.810. The van der Waals surface area contributed by atoms with E-state index in [9.17, 15) is 4.79 Å². The number of aliphatic carboxylic acids is 1. The maximum Gasteiger partial charge on any atom is 0.330 e. The monoisotopic (exact) mass is 225 g/mol. The van der Waals surface area contributed by atoms with E-state index in [4.69, 9.17) is 5.11 Å². The lowest BCUT2D eigenvalue weighted by Gasteiger charge is -2.38. The highest BCUT2D eigenvalue weighted by Gasteiger charge is 2.27. The molecule has 1 aliphatic rings. The predicted molar refractivity (Wildman–Crippen MR) is 65.5 cm³/mol. The zero-order valence-corrected chi connectivity index (χ0v) is 10.6. The first-order valence-corrected chi connectivity index (χ1v) is 6.09. The fourth-order valence-corrected chi connectivity index (χ4v) is 1.98. The third kappa shape index (κ3) is 3.63. The summed E-state index contributed by atoms with van der Waals surface area (Å²) in [4.78, 5) is 13.0. The Morgan fingerprint density at radius 2 is 2.00 bits per heavy atom. The Morgan fingerprint density at radius 3 is 2.44 bits per heavy atom. The van der Waals surface area contributed by atoms with Crippen LogP contribution in [0.3, 0.4) is 0 Å². The molecular formula is C13H23NO2. The molecule has 1 saturated heterocycles. The summed E-state index contributed by atoms with van der Waals surface area (Å²) < 4.78 is 0. The van der Waals surface area contributed by atoms with E-state index in [-0.39, 0.29) is 0 Å². The summed E-state index contributed by atoms with van der Waals surface area (Å²) >= 11 is 0. The molecular weight excluding hydrogens is 202 g/mol. The SMILES string of the molecule is CCC1(C)CCN(CC=C(C)C(=O)O)CC1. The zero-order valence-electron chi connectivity index (χ0n) is 10.6. The van der Waals surface area contributed by atoms with Gasteiger partial charge < -0.3 is 5.11 Å². The smallest absolute Gasteiger partial charge is 0.330 e. The van der Waals surface area contributed by atoms with Gasteiger partial charge in [-0.3, -0.25) is 4.90 Å². The van der Waals surface area contributed by atoms with Gasteiger partial charge in [-0.15, -0.1) is 0 Å². The minimum Gasteiger partial charge on any atom is -0.478 e. The third-order valence-electron chi connectivity index (χ3n) is 3.91. The number of carboxylic acid groups (broad SMARTS) is 1. The van der Waals surface area contributed by atoms with E-state index in [0.29, 0.717) is 11.0 Å². The molecule has 0 amide bonds. The van der Waals surface area contributed by atoms with Crippen molar-refractivity contribution in [2.45, 2.75) is 40.0 Å². The molecule has 1 aliphatic heterocycles. The molecule has 0 saturated carbocycles. The van der Waals surface area contributed by atoms with E-state index in [1.165, 1.54) is 19.3 Å². The molecule has 0 spiro atoms. The Kier molecular flexibility index (Phi) is 4.54. The average Bonchev–Trinajstić information content (AvgIpc) is 2.28. The van der Waals surface area contributed by atoms with E-state index >= 15 is 0 Å². The van der Waals surface area contributed by atoms with Crippen LogP contribution in [-0.2, 0) is 4.79 Å². The predicted octanol–water partition coefficient (Wildman–Crippen LogP) is 2.53. The van der Waals surface area contributed by atoms with Crippen molar-refractivity contribution in [1.82, 2.24) is 4.90 Å². The topological polar surface area (TPSA) is 40.5 Å². The molecule has 0 aromatic rings. The van der Waals surface area contributed by atoms with Crippen molar-refractivity contribution in [1.29, 1.82) is 0 Å². The number of carbonyl (C=O) groups is 1. The molecule has 16 heavy (non-hydrogen) atoms. The summed E-state index contributed by atoms with van der Waals surface area (Å²) in [6.07, 6.45) is 5.51. The number of piperidine rings is 1. The summed E-state index contributed by atoms with van der Waals surface area (Å²) in [7, 11) is 0. The third-order valence-corrected chi connectivity index (χ3v) is 3.91. The Labute approximate surface area is 98.1 Å². The Balaban J connectivity index is 2.38. The average molecular weight is 225 g/mol. The largest absolute Gasteiger partial charge is 0.478 e. The van der Waals surface area contributed by atoms with Crippen molar-refractivity contribution in [3.8, 4) is 0 Å². The molecule has 1 N–H and O–H groups in total. The highest BCUT2D eigenvalue weighted by atomic mass is 16.4. The second-order valence-electron chi connectivity index (χ2n) is 5.16. The Morgan fingerprint density at radius 1 is 1.44 bits per heavy atom. The molecule has 3 heteroatoms. The zero-order chi connectivity index (χ0) is 12.2. The first kappa shape index (κ1) is 13.2. The van der Waals surface area contributed by atoms with Gasteiger partial charge in [0.25, 0.3) is 0 Å². The van der Waals surface area contributed by atoms with Crippen LogP contribution < -0.4 is 0 Å². The molecule has 1 fully saturated rings. The molecule has 0 aromatic heterocycles. The number of carboxylic acids is 1. The summed E-state index contributed by atoms with van der Waals surface area (Å²) in [5, 5.41) is 8.75. The normalized spacial score (nSPS) is 22.1. The van der Waals surface area contributed by atoms with Gasteiger partial charge in [-0.05, 0) is 38.3 Å². The van der Waals surface area contributed by atoms with Crippen molar-refractivity contribution in [3.05, 3.63) is 11.6 Å². The van der Waals surface area contributed by atoms with Crippen LogP contribution in [0.2, 0.25) is 0 Å². The van der Waals surface area contributed by atoms with Gasteiger partial charge in [-0.25, -0.2) is 4.79 Å². The molecule has 3 nitrogen and oxygen atoms in total. The van der Waals surface area contributed by atoms with Crippen LogP contribution >= 0.6 is 0 Å². The molecule has 0 atom stereocenters. The minimum absolute atomic E-state index is 0.448. The van der Waals surface area contributed by atoms with Crippen molar-refractivity contribution in [3.63, 3.8) is 0 Å². The molecule has 0 aromatic carbocycles. The maximum atomic E-state index is 10.6. The fourth-order valence-electron chi connectivity index (χ4n) is 1.98. The summed E-state index contributed by atoms with van der Waals surface area (Å²) in [6.45, 7) is 9.22. The number of nitrogens with zero attached hydrogens (tertiary/aromatic N) is 1. The molecule has 0 unspecified atom stereocenters. The van der Waals surface area contributed by atoms with Gasteiger partial charge in [0, 0.05) is 12.1 Å². The van der Waals surface area contributed by atoms with Gasteiger partial charge in [0.15, 0.2) is 0 Å². The fraction of sp³-hybridized carbons (Fsp3) is 0.769. The van der Waals surface area contributed by atoms with E-state index in [1.54, 1.807) is 6.92 Å². The van der Waals surface area contributed by atoms with Crippen LogP contribution in [0.4, 0.5) is 0 Å². The van der Waals surface area contributed by atoms with Gasteiger partial charge in [0.05, 0.1) is 0 Å². The van der Waals surface area contributed by atoms with Crippen LogP contribution in [0.1, 0.15) is 40.0 Å². The highest BCUT2D eigenvalue weighted by Crippen LogP contribution is 2.33. The van der Waals surface area contributed by atoms with Gasteiger partial charge in [0.1, 0.15) is 0 Å². The van der Waals surface area contributed by atoms with Crippen molar-refractivity contribution >= 4 is 5.97 Å². The van der Waals surface area contributed by atoms with E-state index in [2.05, 4.69) is 18.7 Å². The Hall–Kier alpha value is -0.830. The van der Waals surface area contributed by atoms with Crippen LogP contribution in [0.5, 0.6) is 0 Å². The van der Waals surface area contributed by atoms with E-state index in [1.807, 2.05) is 6.08 Å². The molecule has 92 valence electrons. The standard InChI is InChI=1S/C13H23NO2/c1-4-13(3)6-9-14(10-7-13)8-5-11(2)12(15)16/h5H,4,6-10H2,1-3H3,(H,15,16). The van der Waals surface area contributed by atoms with Crippen molar-refractivity contribution in [2.75, 3.05) is 19.6 Å². The van der Waals surface area contributed by atoms with Crippen LogP contribution in [0.15, 0.2) is 11.6 Å². The summed E-state index contributed by atoms with van der Waals surface area (Å²) in [5.41, 5.74) is 0.950. The summed E-state index contributed by atoms with van der Waals surface area (Å²) in [6, 6.07) is 0. The first-order valence-electron chi connectivity index (χ1n) is 6.09. The second kappa shape index (κ2) is 5.48. The van der Waals surface area contributed by atoms with Crippen LogP contribution in [-0.4, -0.2) is 35.6 Å². The van der Waals surface area contributed by atoms with Gasteiger partial charge in [0.2, 0.25) is 0 Å². The molecule has 1 heterocycles. The molecule has 0 bridgehead atoms. The quantitative estimate of drug-likeness (QED) is 0.747. The second-order valence-corrected chi connectivity index (χ2v) is 5.16. The van der Waals surface area contributed by atoms with E-state index < -0.39 is 5.97 Å². The number of likely N-dealkylation sites (tertiary alicyclic amines) is 1. The molecule has 0 aliphatic carbocycles. The van der Waals surface area contributed by atoms with Gasteiger partial charge in [-0.2, -0.15) is 0 Å². The van der Waals surface area contributed by atoms with Crippen molar-refractivity contribution in [2.24, 2.45) is 5.41 Å². The van der Waals surface area contributed by atoms with Gasteiger partial charge in [-0.1, -0.05) is 26.3 Å². The minimum atomic E-state index is -0.810. The number of hydrogen-bond donors (Lipinski definition) is 1. The highest BCUT2D eigenvalue weighted by molar-refractivity contribution is 5.85. The lowest BCUT2D eigenvalue weighted by Crippen LogP contribution is -2.38. The lowest BCUT2D eigenvalue weighted by atomic mass is 9.78.